The molecule has 0 atom stereocenters. The van der Waals surface area contributed by atoms with E-state index in [9.17, 15) is 4.79 Å². The zero-order valence-corrected chi connectivity index (χ0v) is 16.3. The Balaban J connectivity index is 1.48. The van der Waals surface area contributed by atoms with Crippen LogP contribution in [0.1, 0.15) is 29.6 Å². The lowest BCUT2D eigenvalue weighted by molar-refractivity contribution is 0.0724. The molecule has 0 spiro atoms. The summed E-state index contributed by atoms with van der Waals surface area (Å²) < 4.78 is 0. The van der Waals surface area contributed by atoms with Crippen molar-refractivity contribution >= 4 is 29.3 Å². The van der Waals surface area contributed by atoms with Gasteiger partial charge in [0, 0.05) is 19.3 Å². The quantitative estimate of drug-likeness (QED) is 0.678. The molecule has 1 fully saturated rings. The molecule has 1 aromatic carbocycles. The van der Waals surface area contributed by atoms with Crippen molar-refractivity contribution in [2.75, 3.05) is 13.1 Å². The number of carbonyl (C=O) groups excluding carboxylic acids is 1. The van der Waals surface area contributed by atoms with E-state index in [2.05, 4.69) is 15.0 Å². The van der Waals surface area contributed by atoms with Crippen LogP contribution in [-0.2, 0) is 0 Å². The zero-order chi connectivity index (χ0) is 18.6. The molecular weight excluding hydrogens is 380 g/mol. The molecule has 0 radical (unpaired) electrons. The third kappa shape index (κ3) is 4.17. The Labute approximate surface area is 167 Å². The van der Waals surface area contributed by atoms with Crippen LogP contribution in [-0.4, -0.2) is 38.8 Å². The van der Waals surface area contributed by atoms with E-state index in [4.69, 9.17) is 11.6 Å². The predicted molar refractivity (Wildman–Crippen MR) is 107 cm³/mol. The van der Waals surface area contributed by atoms with Gasteiger partial charge in [0.25, 0.3) is 5.91 Å². The topological polar surface area (TPSA) is 61.9 Å². The SMILES string of the molecule is O=C(c1cnc(Sc2ncc(-c3ccccc3)[nH]2)c(Cl)c1)N1CCCCC1. The molecule has 2 aromatic heterocycles. The molecule has 0 bridgehead atoms. The van der Waals surface area contributed by atoms with Crippen LogP contribution < -0.4 is 0 Å². The first kappa shape index (κ1) is 18.1. The normalized spacial score (nSPS) is 14.3. The molecule has 3 aromatic rings. The Morgan fingerprint density at radius 2 is 1.85 bits per heavy atom. The summed E-state index contributed by atoms with van der Waals surface area (Å²) in [5.74, 6) is 0.00464. The number of carbonyl (C=O) groups is 1. The van der Waals surface area contributed by atoms with Crippen LogP contribution in [0.5, 0.6) is 0 Å². The minimum atomic E-state index is 0.00464. The molecule has 138 valence electrons. The van der Waals surface area contributed by atoms with Gasteiger partial charge < -0.3 is 9.88 Å². The lowest BCUT2D eigenvalue weighted by Gasteiger charge is -2.26. The number of aromatic nitrogens is 3. The minimum Gasteiger partial charge on any atom is -0.339 e. The van der Waals surface area contributed by atoms with Gasteiger partial charge in [0.05, 0.1) is 22.5 Å². The highest BCUT2D eigenvalue weighted by atomic mass is 35.5. The second-order valence-electron chi connectivity index (χ2n) is 6.43. The third-order valence-electron chi connectivity index (χ3n) is 4.53. The number of nitrogens with zero attached hydrogens (tertiary/aromatic N) is 3. The average molecular weight is 399 g/mol. The van der Waals surface area contributed by atoms with Crippen molar-refractivity contribution in [2.45, 2.75) is 29.4 Å². The van der Waals surface area contributed by atoms with Crippen LogP contribution in [0.2, 0.25) is 5.02 Å². The number of benzene rings is 1. The second kappa shape index (κ2) is 8.15. The van der Waals surface area contributed by atoms with E-state index in [1.165, 1.54) is 18.2 Å². The van der Waals surface area contributed by atoms with Crippen LogP contribution >= 0.6 is 23.4 Å². The first-order valence-corrected chi connectivity index (χ1v) is 10.1. The van der Waals surface area contributed by atoms with E-state index in [1.807, 2.05) is 35.2 Å². The van der Waals surface area contributed by atoms with Crippen molar-refractivity contribution in [3.8, 4) is 11.3 Å². The van der Waals surface area contributed by atoms with E-state index in [-0.39, 0.29) is 5.91 Å². The summed E-state index contributed by atoms with van der Waals surface area (Å²) in [5.41, 5.74) is 2.54. The number of halogens is 1. The van der Waals surface area contributed by atoms with E-state index in [0.717, 1.165) is 37.2 Å². The van der Waals surface area contributed by atoms with Crippen molar-refractivity contribution in [3.05, 3.63) is 59.4 Å². The number of H-pyrrole nitrogens is 1. The minimum absolute atomic E-state index is 0.00464. The number of hydrogen-bond acceptors (Lipinski definition) is 4. The summed E-state index contributed by atoms with van der Waals surface area (Å²) in [4.78, 5) is 26.5. The number of rotatable bonds is 4. The fourth-order valence-corrected chi connectivity index (χ4v) is 4.10. The van der Waals surface area contributed by atoms with Crippen LogP contribution in [0.15, 0.2) is 59.0 Å². The number of pyridine rings is 1. The highest BCUT2D eigenvalue weighted by molar-refractivity contribution is 7.99. The molecule has 1 saturated heterocycles. The van der Waals surface area contributed by atoms with Crippen molar-refractivity contribution < 1.29 is 4.79 Å². The number of nitrogens with one attached hydrogen (secondary N) is 1. The Hall–Kier alpha value is -2.31. The number of likely N-dealkylation sites (tertiary alicyclic amines) is 1. The molecule has 27 heavy (non-hydrogen) atoms. The molecule has 4 rings (SSSR count). The molecule has 3 heterocycles. The Bertz CT molecular complexity index is 938. The standard InChI is InChI=1S/C20H19ClN4OS/c21-16-11-15(19(26)25-9-5-2-6-10-25)12-22-18(16)27-20-23-13-17(24-20)14-7-3-1-4-8-14/h1,3-4,7-8,11-13H,2,5-6,9-10H2,(H,23,24). The van der Waals surface area contributed by atoms with Gasteiger partial charge in [-0.1, -0.05) is 41.9 Å². The number of amides is 1. The molecule has 7 heteroatoms. The lowest BCUT2D eigenvalue weighted by Crippen LogP contribution is -2.35. The molecular formula is C20H19ClN4OS. The molecule has 0 aliphatic carbocycles. The maximum atomic E-state index is 12.6. The molecule has 1 aliphatic rings. The first-order chi connectivity index (χ1) is 13.2. The van der Waals surface area contributed by atoms with Gasteiger partial charge in [-0.25, -0.2) is 9.97 Å². The number of piperidine rings is 1. The van der Waals surface area contributed by atoms with Crippen molar-refractivity contribution in [1.29, 1.82) is 0 Å². The molecule has 1 aliphatic heterocycles. The summed E-state index contributed by atoms with van der Waals surface area (Å²) in [6.07, 6.45) is 6.70. The van der Waals surface area contributed by atoms with Crippen molar-refractivity contribution in [3.63, 3.8) is 0 Å². The third-order valence-corrected chi connectivity index (χ3v) is 5.85. The average Bonchev–Trinajstić information content (AvgIpc) is 3.19. The van der Waals surface area contributed by atoms with E-state index in [0.29, 0.717) is 20.8 Å². The second-order valence-corrected chi connectivity index (χ2v) is 7.82. The fourth-order valence-electron chi connectivity index (χ4n) is 3.11. The van der Waals surface area contributed by atoms with Gasteiger partial charge in [0.1, 0.15) is 5.03 Å². The Kier molecular flexibility index (Phi) is 5.45. The van der Waals surface area contributed by atoms with Crippen molar-refractivity contribution in [2.24, 2.45) is 0 Å². The Morgan fingerprint density at radius 3 is 2.59 bits per heavy atom. The highest BCUT2D eigenvalue weighted by Gasteiger charge is 2.20. The smallest absolute Gasteiger partial charge is 0.255 e. The molecule has 5 nitrogen and oxygen atoms in total. The van der Waals surface area contributed by atoms with E-state index < -0.39 is 0 Å². The first-order valence-electron chi connectivity index (χ1n) is 8.94. The van der Waals surface area contributed by atoms with Gasteiger partial charge in [-0.3, -0.25) is 4.79 Å². The summed E-state index contributed by atoms with van der Waals surface area (Å²) in [5, 5.41) is 1.79. The molecule has 0 unspecified atom stereocenters. The van der Waals surface area contributed by atoms with Gasteiger partial charge in [0.2, 0.25) is 0 Å². The van der Waals surface area contributed by atoms with Crippen LogP contribution in [0.4, 0.5) is 0 Å². The zero-order valence-electron chi connectivity index (χ0n) is 14.7. The van der Waals surface area contributed by atoms with Gasteiger partial charge in [0.15, 0.2) is 5.16 Å². The number of hydrogen-bond donors (Lipinski definition) is 1. The monoisotopic (exact) mass is 398 g/mol. The summed E-state index contributed by atoms with van der Waals surface area (Å²) >= 11 is 7.74. The molecule has 1 N–H and O–H groups in total. The van der Waals surface area contributed by atoms with Crippen LogP contribution in [0.25, 0.3) is 11.3 Å². The summed E-state index contributed by atoms with van der Waals surface area (Å²) in [6, 6.07) is 11.7. The number of aromatic amines is 1. The lowest BCUT2D eigenvalue weighted by atomic mass is 10.1. The van der Waals surface area contributed by atoms with Crippen molar-refractivity contribution in [1.82, 2.24) is 19.9 Å². The van der Waals surface area contributed by atoms with Crippen LogP contribution in [0.3, 0.4) is 0 Å². The van der Waals surface area contributed by atoms with Gasteiger partial charge >= 0.3 is 0 Å². The van der Waals surface area contributed by atoms with Gasteiger partial charge in [-0.15, -0.1) is 0 Å². The number of imidazole rings is 1. The van der Waals surface area contributed by atoms with E-state index >= 15 is 0 Å². The highest BCUT2D eigenvalue weighted by Crippen LogP contribution is 2.31. The predicted octanol–water partition coefficient (Wildman–Crippen LogP) is 4.90. The summed E-state index contributed by atoms with van der Waals surface area (Å²) in [6.45, 7) is 1.61. The van der Waals surface area contributed by atoms with E-state index in [1.54, 1.807) is 18.5 Å². The maximum absolute atomic E-state index is 12.6. The maximum Gasteiger partial charge on any atom is 0.255 e. The Morgan fingerprint density at radius 1 is 1.07 bits per heavy atom. The molecule has 1 amide bonds. The summed E-state index contributed by atoms with van der Waals surface area (Å²) in [7, 11) is 0. The van der Waals surface area contributed by atoms with Crippen LogP contribution in [0, 0.1) is 0 Å². The molecule has 0 saturated carbocycles. The largest absolute Gasteiger partial charge is 0.339 e. The fraction of sp³-hybridized carbons (Fsp3) is 0.250. The van der Waals surface area contributed by atoms with Gasteiger partial charge in [-0.05, 0) is 42.7 Å². The van der Waals surface area contributed by atoms with Gasteiger partial charge in [-0.2, -0.15) is 0 Å².